The van der Waals surface area contributed by atoms with E-state index in [9.17, 15) is 14.4 Å². The molecule has 8 heteroatoms. The number of amides is 1. The van der Waals surface area contributed by atoms with Crippen molar-refractivity contribution in [3.05, 3.63) is 88.5 Å². The number of aryl methyl sites for hydroxylation is 1. The van der Waals surface area contributed by atoms with Gasteiger partial charge in [-0.1, -0.05) is 18.2 Å². The first-order valence-corrected chi connectivity index (χ1v) is 10.9. The largest absolute Gasteiger partial charge is 0.493 e. The molecule has 0 unspecified atom stereocenters. The fourth-order valence-electron chi connectivity index (χ4n) is 3.38. The Morgan fingerprint density at radius 1 is 0.771 bits per heavy atom. The van der Waals surface area contributed by atoms with Gasteiger partial charge in [-0.3, -0.25) is 4.79 Å². The van der Waals surface area contributed by atoms with Crippen molar-refractivity contribution in [3.8, 4) is 11.5 Å². The van der Waals surface area contributed by atoms with E-state index in [4.69, 9.17) is 18.9 Å². The van der Waals surface area contributed by atoms with E-state index in [1.54, 1.807) is 18.2 Å². The number of rotatable bonds is 9. The minimum Gasteiger partial charge on any atom is -0.493 e. The summed E-state index contributed by atoms with van der Waals surface area (Å²) in [6, 6.07) is 16.9. The number of benzene rings is 3. The molecule has 3 rings (SSSR count). The molecule has 0 spiro atoms. The van der Waals surface area contributed by atoms with Crippen LogP contribution in [-0.2, 0) is 16.1 Å². The first kappa shape index (κ1) is 25.3. The van der Waals surface area contributed by atoms with E-state index in [2.05, 4.69) is 5.32 Å². The van der Waals surface area contributed by atoms with Crippen molar-refractivity contribution in [1.29, 1.82) is 0 Å². The Morgan fingerprint density at radius 3 is 2.03 bits per heavy atom. The van der Waals surface area contributed by atoms with E-state index in [0.717, 1.165) is 11.3 Å². The number of nitrogens with one attached hydrogen (secondary N) is 1. The van der Waals surface area contributed by atoms with Gasteiger partial charge in [0.05, 0.1) is 32.0 Å². The van der Waals surface area contributed by atoms with Crippen molar-refractivity contribution in [2.45, 2.75) is 20.5 Å². The SMILES string of the molecule is CCOc1ccc(C(=O)Nc2cc(C(=O)OC)cc(C(=O)OC)c2)cc1COc1ccccc1C. The zero-order valence-corrected chi connectivity index (χ0v) is 20.0. The predicted molar refractivity (Wildman–Crippen MR) is 130 cm³/mol. The summed E-state index contributed by atoms with van der Waals surface area (Å²) >= 11 is 0. The first-order chi connectivity index (χ1) is 16.9. The summed E-state index contributed by atoms with van der Waals surface area (Å²) in [5.41, 5.74) is 2.48. The number of hydrogen-bond donors (Lipinski definition) is 1. The van der Waals surface area contributed by atoms with Crippen LogP contribution in [-0.4, -0.2) is 38.7 Å². The molecule has 3 aromatic carbocycles. The highest BCUT2D eigenvalue weighted by atomic mass is 16.5. The summed E-state index contributed by atoms with van der Waals surface area (Å²) in [4.78, 5) is 37.1. The topological polar surface area (TPSA) is 100 Å². The Labute approximate surface area is 203 Å². The second kappa shape index (κ2) is 11.7. The van der Waals surface area contributed by atoms with Crippen LogP contribution in [0.5, 0.6) is 11.5 Å². The minimum absolute atomic E-state index is 0.102. The molecule has 0 fully saturated rings. The molecule has 0 heterocycles. The molecular weight excluding hydrogens is 450 g/mol. The Kier molecular flexibility index (Phi) is 8.45. The number of anilines is 1. The van der Waals surface area contributed by atoms with E-state index in [1.165, 1.54) is 32.4 Å². The van der Waals surface area contributed by atoms with Crippen LogP contribution in [0.15, 0.2) is 60.7 Å². The van der Waals surface area contributed by atoms with Crippen molar-refractivity contribution in [1.82, 2.24) is 0 Å². The lowest BCUT2D eigenvalue weighted by Gasteiger charge is -2.15. The zero-order valence-electron chi connectivity index (χ0n) is 20.0. The number of esters is 2. The molecule has 0 bridgehead atoms. The molecule has 0 atom stereocenters. The highest BCUT2D eigenvalue weighted by Crippen LogP contribution is 2.25. The third kappa shape index (κ3) is 6.38. The number of para-hydroxylation sites is 1. The predicted octanol–water partition coefficient (Wildman–Crippen LogP) is 4.80. The number of carbonyl (C=O) groups excluding carboxylic acids is 3. The summed E-state index contributed by atoms with van der Waals surface area (Å²) in [6.45, 7) is 4.48. The maximum atomic E-state index is 13.0. The van der Waals surface area contributed by atoms with Crippen LogP contribution in [0.2, 0.25) is 0 Å². The molecule has 0 radical (unpaired) electrons. The molecular formula is C27H27NO7. The lowest BCUT2D eigenvalue weighted by atomic mass is 10.1. The van der Waals surface area contributed by atoms with Gasteiger partial charge < -0.3 is 24.3 Å². The molecule has 8 nitrogen and oxygen atoms in total. The van der Waals surface area contributed by atoms with Gasteiger partial charge in [-0.05, 0) is 61.9 Å². The van der Waals surface area contributed by atoms with Gasteiger partial charge in [-0.2, -0.15) is 0 Å². The molecule has 0 saturated carbocycles. The molecule has 182 valence electrons. The molecule has 0 aliphatic heterocycles. The fourth-order valence-corrected chi connectivity index (χ4v) is 3.38. The van der Waals surface area contributed by atoms with E-state index >= 15 is 0 Å². The second-order valence-electron chi connectivity index (χ2n) is 7.55. The smallest absolute Gasteiger partial charge is 0.337 e. The second-order valence-corrected chi connectivity index (χ2v) is 7.55. The van der Waals surface area contributed by atoms with Gasteiger partial charge in [0.1, 0.15) is 18.1 Å². The van der Waals surface area contributed by atoms with Crippen LogP contribution in [0.25, 0.3) is 0 Å². The number of hydrogen-bond acceptors (Lipinski definition) is 7. The highest BCUT2D eigenvalue weighted by molar-refractivity contribution is 6.06. The Balaban J connectivity index is 1.87. The molecule has 35 heavy (non-hydrogen) atoms. The molecule has 3 aromatic rings. The Morgan fingerprint density at radius 2 is 1.43 bits per heavy atom. The van der Waals surface area contributed by atoms with Crippen molar-refractivity contribution < 1.29 is 33.3 Å². The van der Waals surface area contributed by atoms with Gasteiger partial charge in [-0.15, -0.1) is 0 Å². The summed E-state index contributed by atoms with van der Waals surface area (Å²) in [7, 11) is 2.46. The highest BCUT2D eigenvalue weighted by Gasteiger charge is 2.17. The van der Waals surface area contributed by atoms with Crippen LogP contribution >= 0.6 is 0 Å². The fraction of sp³-hybridized carbons (Fsp3) is 0.222. The van der Waals surface area contributed by atoms with Crippen molar-refractivity contribution >= 4 is 23.5 Å². The maximum Gasteiger partial charge on any atom is 0.337 e. The van der Waals surface area contributed by atoms with Crippen LogP contribution in [0.3, 0.4) is 0 Å². The van der Waals surface area contributed by atoms with E-state index < -0.39 is 17.8 Å². The van der Waals surface area contributed by atoms with Crippen LogP contribution < -0.4 is 14.8 Å². The van der Waals surface area contributed by atoms with E-state index in [0.29, 0.717) is 23.5 Å². The van der Waals surface area contributed by atoms with Gasteiger partial charge in [-0.25, -0.2) is 9.59 Å². The number of carbonyl (C=O) groups is 3. The number of methoxy groups -OCH3 is 2. The molecule has 0 aromatic heterocycles. The maximum absolute atomic E-state index is 13.0. The number of ether oxygens (including phenoxy) is 4. The average Bonchev–Trinajstić information content (AvgIpc) is 2.87. The van der Waals surface area contributed by atoms with Gasteiger partial charge in [0.15, 0.2) is 0 Å². The Bertz CT molecular complexity index is 1200. The third-order valence-electron chi connectivity index (χ3n) is 5.13. The first-order valence-electron chi connectivity index (χ1n) is 10.9. The van der Waals surface area contributed by atoms with Crippen molar-refractivity contribution in [3.63, 3.8) is 0 Å². The van der Waals surface area contributed by atoms with Crippen LogP contribution in [0.4, 0.5) is 5.69 Å². The lowest BCUT2D eigenvalue weighted by Crippen LogP contribution is -2.15. The van der Waals surface area contributed by atoms with Crippen molar-refractivity contribution in [2.75, 3.05) is 26.1 Å². The quantitative estimate of drug-likeness (QED) is 0.442. The van der Waals surface area contributed by atoms with E-state index in [-0.39, 0.29) is 23.4 Å². The zero-order chi connectivity index (χ0) is 25.4. The third-order valence-corrected chi connectivity index (χ3v) is 5.13. The summed E-state index contributed by atoms with van der Waals surface area (Å²) in [5, 5.41) is 2.72. The molecule has 0 aliphatic carbocycles. The van der Waals surface area contributed by atoms with Gasteiger partial charge in [0, 0.05) is 16.8 Å². The Hall–Kier alpha value is -4.33. The molecule has 1 amide bonds. The molecule has 0 saturated heterocycles. The molecule has 0 aliphatic rings. The monoisotopic (exact) mass is 477 g/mol. The van der Waals surface area contributed by atoms with Crippen LogP contribution in [0, 0.1) is 6.92 Å². The average molecular weight is 478 g/mol. The normalized spacial score (nSPS) is 10.3. The standard InChI is InChI=1S/C27H27NO7/c1-5-34-24-11-10-18(12-21(24)16-35-23-9-7-6-8-17(23)2)25(29)28-22-14-19(26(30)32-3)13-20(15-22)27(31)33-4/h6-15H,5,16H2,1-4H3,(H,28,29). The summed E-state index contributed by atoms with van der Waals surface area (Å²) in [6.07, 6.45) is 0. The summed E-state index contributed by atoms with van der Waals surface area (Å²) < 4.78 is 21.1. The summed E-state index contributed by atoms with van der Waals surface area (Å²) in [5.74, 6) is -0.396. The lowest BCUT2D eigenvalue weighted by molar-refractivity contribution is 0.0599. The van der Waals surface area contributed by atoms with Crippen molar-refractivity contribution in [2.24, 2.45) is 0 Å². The molecule has 1 N–H and O–H groups in total. The van der Waals surface area contributed by atoms with Gasteiger partial charge >= 0.3 is 11.9 Å². The van der Waals surface area contributed by atoms with Crippen LogP contribution in [0.1, 0.15) is 49.1 Å². The van der Waals surface area contributed by atoms with Gasteiger partial charge in [0.25, 0.3) is 5.91 Å². The van der Waals surface area contributed by atoms with Gasteiger partial charge in [0.2, 0.25) is 0 Å². The van der Waals surface area contributed by atoms with E-state index in [1.807, 2.05) is 38.1 Å². The minimum atomic E-state index is -0.650.